The Morgan fingerprint density at radius 2 is 2.20 bits per heavy atom. The van der Waals surface area contributed by atoms with Gasteiger partial charge in [0.25, 0.3) is 12.1 Å². The molecule has 0 bridgehead atoms. The van der Waals surface area contributed by atoms with E-state index in [1.807, 2.05) is 0 Å². The third-order valence-corrected chi connectivity index (χ3v) is 2.06. The van der Waals surface area contributed by atoms with Gasteiger partial charge in [0, 0.05) is 12.8 Å². The minimum absolute atomic E-state index is 0.254. The fourth-order valence-electron chi connectivity index (χ4n) is 1.30. The van der Waals surface area contributed by atoms with Crippen LogP contribution in [0.2, 0.25) is 0 Å². The topological polar surface area (TPSA) is 93.2 Å². The lowest BCUT2D eigenvalue weighted by Crippen LogP contribution is -2.34. The molecule has 84 valence electrons. The van der Waals surface area contributed by atoms with Crippen LogP contribution in [0.25, 0.3) is 0 Å². The van der Waals surface area contributed by atoms with Crippen molar-refractivity contribution in [3.63, 3.8) is 0 Å². The third-order valence-electron chi connectivity index (χ3n) is 2.06. The molecule has 15 heavy (non-hydrogen) atoms. The van der Waals surface area contributed by atoms with E-state index in [2.05, 4.69) is 9.79 Å². The first-order valence-electron chi connectivity index (χ1n) is 5.02. The van der Waals surface area contributed by atoms with Gasteiger partial charge >= 0.3 is 5.97 Å². The summed E-state index contributed by atoms with van der Waals surface area (Å²) < 4.78 is 6.33. The van der Waals surface area contributed by atoms with Crippen LogP contribution in [0.3, 0.4) is 0 Å². The second kappa shape index (κ2) is 6.00. The van der Waals surface area contributed by atoms with E-state index in [1.165, 1.54) is 0 Å². The molecule has 0 aromatic carbocycles. The first-order chi connectivity index (χ1) is 7.18. The average Bonchev–Trinajstić information content (AvgIpc) is 2.57. The van der Waals surface area contributed by atoms with Gasteiger partial charge in [-0.25, -0.2) is 0 Å². The van der Waals surface area contributed by atoms with Crippen LogP contribution < -0.4 is 10.4 Å². The number of nitrogen functional groups attached to an aromatic ring is 1. The zero-order valence-corrected chi connectivity index (χ0v) is 8.56. The number of anilines is 1. The molecule has 1 rings (SSSR count). The highest BCUT2D eigenvalue weighted by Crippen LogP contribution is 2.03. The van der Waals surface area contributed by atoms with E-state index < -0.39 is 5.97 Å². The predicted molar refractivity (Wildman–Crippen MR) is 51.8 cm³/mol. The number of aromatic nitrogens is 2. The van der Waals surface area contributed by atoms with Crippen molar-refractivity contribution in [1.82, 2.24) is 5.27 Å². The summed E-state index contributed by atoms with van der Waals surface area (Å²) in [6.45, 7) is 0.758. The average molecular weight is 214 g/mol. The number of aliphatic carboxylic acids is 1. The second-order valence-corrected chi connectivity index (χ2v) is 3.43. The molecule has 0 amide bonds. The number of rotatable bonds is 7. The van der Waals surface area contributed by atoms with Crippen molar-refractivity contribution in [3.05, 3.63) is 6.20 Å². The number of carboxylic acids is 1. The SMILES string of the molecule is Nc1c[n+](CCCCCCC(=O)O)no1. The number of nitrogens with zero attached hydrogens (tertiary/aromatic N) is 2. The maximum atomic E-state index is 10.2. The Bertz CT molecular complexity index is 311. The first kappa shape index (κ1) is 11.5. The third kappa shape index (κ3) is 4.99. The number of carbonyl (C=O) groups is 1. The Morgan fingerprint density at radius 1 is 1.47 bits per heavy atom. The molecule has 0 radical (unpaired) electrons. The molecule has 0 saturated carbocycles. The lowest BCUT2D eigenvalue weighted by Gasteiger charge is -1.94. The van der Waals surface area contributed by atoms with Crippen LogP contribution in [0.5, 0.6) is 0 Å². The predicted octanol–water partition coefficient (Wildman–Crippen LogP) is 0.579. The standard InChI is InChI=1S/C9H15N3O3/c10-8-7-12(11-15-8)6-4-2-1-3-5-9(13)14/h7H,1-6H2,(H2-,10,11,13,14)/p+1. The molecule has 0 atom stereocenters. The van der Waals surface area contributed by atoms with E-state index in [0.717, 1.165) is 32.2 Å². The largest absolute Gasteiger partial charge is 0.481 e. The summed E-state index contributed by atoms with van der Waals surface area (Å²) in [4.78, 5) is 10.2. The Labute approximate surface area is 87.6 Å². The molecule has 1 heterocycles. The molecule has 1 aromatic rings. The zero-order valence-electron chi connectivity index (χ0n) is 8.56. The number of hydrogen-bond acceptors (Lipinski definition) is 4. The molecule has 0 unspecified atom stereocenters. The molecular weight excluding hydrogens is 198 g/mol. The number of nitrogens with two attached hydrogens (primary N) is 1. The first-order valence-corrected chi connectivity index (χ1v) is 5.02. The van der Waals surface area contributed by atoms with E-state index in [-0.39, 0.29) is 6.42 Å². The monoisotopic (exact) mass is 214 g/mol. The maximum absolute atomic E-state index is 10.2. The molecule has 1 aromatic heterocycles. The van der Waals surface area contributed by atoms with E-state index in [0.29, 0.717) is 5.88 Å². The highest BCUT2D eigenvalue weighted by atomic mass is 16.5. The lowest BCUT2D eigenvalue weighted by atomic mass is 10.1. The summed E-state index contributed by atoms with van der Waals surface area (Å²) >= 11 is 0. The zero-order chi connectivity index (χ0) is 11.1. The second-order valence-electron chi connectivity index (χ2n) is 3.43. The van der Waals surface area contributed by atoms with Crippen molar-refractivity contribution in [2.45, 2.75) is 38.6 Å². The summed E-state index contributed by atoms with van der Waals surface area (Å²) in [5.74, 6) is -0.422. The Balaban J connectivity index is 2.00. The summed E-state index contributed by atoms with van der Waals surface area (Å²) in [5.41, 5.74) is 5.35. The van der Waals surface area contributed by atoms with Gasteiger partial charge in [0.1, 0.15) is 0 Å². The normalized spacial score (nSPS) is 10.4. The number of aryl methyl sites for hydroxylation is 1. The molecule has 0 spiro atoms. The Kier molecular flexibility index (Phi) is 4.59. The summed E-state index contributed by atoms with van der Waals surface area (Å²) in [7, 11) is 0. The Hall–Kier alpha value is -1.59. The van der Waals surface area contributed by atoms with Crippen molar-refractivity contribution in [2.75, 3.05) is 5.73 Å². The molecule has 6 heteroatoms. The number of hydrogen-bond donors (Lipinski definition) is 2. The molecule has 6 nitrogen and oxygen atoms in total. The van der Waals surface area contributed by atoms with Crippen LogP contribution in [0.15, 0.2) is 10.7 Å². The summed E-state index contributed by atoms with van der Waals surface area (Å²) in [5, 5.41) is 12.1. The van der Waals surface area contributed by atoms with E-state index in [9.17, 15) is 4.79 Å². The maximum Gasteiger partial charge on any atom is 0.303 e. The summed E-state index contributed by atoms with van der Waals surface area (Å²) in [6.07, 6.45) is 5.51. The van der Waals surface area contributed by atoms with Crippen molar-refractivity contribution in [3.8, 4) is 0 Å². The Morgan fingerprint density at radius 3 is 2.80 bits per heavy atom. The van der Waals surface area contributed by atoms with Gasteiger partial charge < -0.3 is 10.8 Å². The van der Waals surface area contributed by atoms with Crippen LogP contribution in [0.1, 0.15) is 32.1 Å². The van der Waals surface area contributed by atoms with Crippen molar-refractivity contribution in [1.29, 1.82) is 0 Å². The van der Waals surface area contributed by atoms with Crippen LogP contribution in [0.4, 0.5) is 5.88 Å². The highest BCUT2D eigenvalue weighted by Gasteiger charge is 2.07. The lowest BCUT2D eigenvalue weighted by molar-refractivity contribution is -0.762. The highest BCUT2D eigenvalue weighted by molar-refractivity contribution is 5.66. The smallest absolute Gasteiger partial charge is 0.303 e. The van der Waals surface area contributed by atoms with Crippen LogP contribution in [-0.2, 0) is 11.3 Å². The molecule has 0 aliphatic carbocycles. The van der Waals surface area contributed by atoms with Gasteiger partial charge in [-0.2, -0.15) is 0 Å². The van der Waals surface area contributed by atoms with E-state index >= 15 is 0 Å². The van der Waals surface area contributed by atoms with Gasteiger partial charge in [0.15, 0.2) is 6.54 Å². The van der Waals surface area contributed by atoms with Gasteiger partial charge in [-0.3, -0.25) is 9.32 Å². The van der Waals surface area contributed by atoms with Gasteiger partial charge in [0.2, 0.25) is 5.27 Å². The molecule has 0 saturated heterocycles. The van der Waals surface area contributed by atoms with Gasteiger partial charge in [-0.05, 0) is 12.8 Å². The van der Waals surface area contributed by atoms with Crippen LogP contribution in [0, 0.1) is 0 Å². The fraction of sp³-hybridized carbons (Fsp3) is 0.667. The van der Waals surface area contributed by atoms with Crippen molar-refractivity contribution in [2.24, 2.45) is 0 Å². The minimum Gasteiger partial charge on any atom is -0.481 e. The van der Waals surface area contributed by atoms with Gasteiger partial charge in [-0.15, -0.1) is 0 Å². The van der Waals surface area contributed by atoms with E-state index in [4.69, 9.17) is 10.8 Å². The van der Waals surface area contributed by atoms with Crippen LogP contribution >= 0.6 is 0 Å². The molecule has 3 N–H and O–H groups in total. The molecule has 0 aliphatic rings. The van der Waals surface area contributed by atoms with Crippen molar-refractivity contribution >= 4 is 11.9 Å². The quantitative estimate of drug-likeness (QED) is 0.511. The van der Waals surface area contributed by atoms with E-state index in [1.54, 1.807) is 10.9 Å². The van der Waals surface area contributed by atoms with Gasteiger partial charge in [0.05, 0.1) is 0 Å². The molecule has 0 fully saturated rings. The summed E-state index contributed by atoms with van der Waals surface area (Å²) in [6, 6.07) is 0. The van der Waals surface area contributed by atoms with Crippen molar-refractivity contribution < 1.29 is 19.1 Å². The number of carboxylic acid groups (broad SMARTS) is 1. The fourth-order valence-corrected chi connectivity index (χ4v) is 1.30. The van der Waals surface area contributed by atoms with Gasteiger partial charge in [-0.1, -0.05) is 11.1 Å². The van der Waals surface area contributed by atoms with Crippen LogP contribution in [-0.4, -0.2) is 16.3 Å². The molecule has 0 aliphatic heterocycles. The molecular formula is C9H16N3O3+. The number of unbranched alkanes of at least 4 members (excludes halogenated alkanes) is 3. The minimum atomic E-state index is -0.728.